The molecule has 0 bridgehead atoms. The van der Waals surface area contributed by atoms with Gasteiger partial charge in [0.1, 0.15) is 157 Å². The van der Waals surface area contributed by atoms with Crippen molar-refractivity contribution in [1.29, 1.82) is 0 Å². The highest BCUT2D eigenvalue weighted by Gasteiger charge is 2.27. The van der Waals surface area contributed by atoms with Gasteiger partial charge in [-0.15, -0.1) is 65.6 Å². The van der Waals surface area contributed by atoms with E-state index in [9.17, 15) is 0 Å². The maximum Gasteiger partial charge on any atom is 0.166 e. The molecule has 0 N–H and O–H groups in total. The number of hydrogen-bond donors (Lipinski definition) is 0. The Bertz CT molecular complexity index is 4260. The Labute approximate surface area is 495 Å². The third-order valence-corrected chi connectivity index (χ3v) is 14.5. The van der Waals surface area contributed by atoms with E-state index >= 15 is 0 Å². The number of rotatable bonds is 8. The Hall–Kier alpha value is -7.12. The van der Waals surface area contributed by atoms with Crippen molar-refractivity contribution in [3.8, 4) is 85.1 Å². The van der Waals surface area contributed by atoms with Crippen LogP contribution in [0.25, 0.3) is 107 Å². The summed E-state index contributed by atoms with van der Waals surface area (Å²) < 4.78 is 2.05. The van der Waals surface area contributed by atoms with Crippen LogP contribution in [0, 0.1) is 0 Å². The predicted molar refractivity (Wildman–Crippen MR) is 353 cm³/mol. The first kappa shape index (κ1) is 55.8. The molecule has 11 aromatic rings. The van der Waals surface area contributed by atoms with Crippen LogP contribution in [0.5, 0.6) is 0 Å². The van der Waals surface area contributed by atoms with Crippen LogP contribution in [0.4, 0.5) is 0 Å². The molecular formula is C54H15B20N7. The summed E-state index contributed by atoms with van der Waals surface area (Å²) in [5.41, 5.74) is 2.57. The first-order chi connectivity index (χ1) is 38.5. The van der Waals surface area contributed by atoms with Crippen molar-refractivity contribution < 1.29 is 0 Å². The van der Waals surface area contributed by atoms with Gasteiger partial charge >= 0.3 is 0 Å². The molecular weight excluding hydrogens is 963 g/mol. The maximum absolute atomic E-state index is 6.75. The second-order valence-electron chi connectivity index (χ2n) is 19.1. The zero-order valence-electron chi connectivity index (χ0n) is 42.8. The van der Waals surface area contributed by atoms with Gasteiger partial charge in [-0.1, -0.05) is 104 Å². The fraction of sp³-hybridized carbons (Fsp3) is 0. The molecule has 0 atom stereocenters. The molecule has 8 aromatic carbocycles. The van der Waals surface area contributed by atoms with Gasteiger partial charge in [0.2, 0.25) is 0 Å². The topological polar surface area (TPSA) is 82.3 Å². The molecule has 326 valence electrons. The Morgan fingerprint density at radius 2 is 0.556 bits per heavy atom. The highest BCUT2D eigenvalue weighted by atomic mass is 15.1. The minimum absolute atomic E-state index is 0.00447. The second-order valence-corrected chi connectivity index (χ2v) is 19.1. The second kappa shape index (κ2) is 21.0. The molecule has 0 amide bonds. The monoisotopic (exact) mass is 981 g/mol. The summed E-state index contributed by atoms with van der Waals surface area (Å²) >= 11 is 0. The van der Waals surface area contributed by atoms with Crippen LogP contribution in [0.2, 0.25) is 0 Å². The third-order valence-electron chi connectivity index (χ3n) is 14.5. The number of aromatic nitrogens is 7. The van der Waals surface area contributed by atoms with Crippen LogP contribution in [0.3, 0.4) is 0 Å². The van der Waals surface area contributed by atoms with Crippen molar-refractivity contribution >= 4 is 288 Å². The van der Waals surface area contributed by atoms with Crippen molar-refractivity contribution in [1.82, 2.24) is 34.5 Å². The van der Waals surface area contributed by atoms with Crippen molar-refractivity contribution in [3.05, 3.63) is 91.0 Å². The first-order valence-electron chi connectivity index (χ1n) is 24.3. The number of hydrogen-bond acceptors (Lipinski definition) is 6. The Kier molecular flexibility index (Phi) is 14.5. The molecule has 0 aliphatic rings. The van der Waals surface area contributed by atoms with E-state index in [0.29, 0.717) is 5.69 Å². The molecule has 27 heteroatoms. The highest BCUT2D eigenvalue weighted by molar-refractivity contribution is 6.72. The summed E-state index contributed by atoms with van der Waals surface area (Å²) in [6, 6.07) is 29.2. The van der Waals surface area contributed by atoms with Crippen molar-refractivity contribution in [2.45, 2.75) is 0 Å². The molecule has 0 aliphatic carbocycles. The Balaban J connectivity index is 1.31. The average Bonchev–Trinajstić information content (AvgIpc) is 3.54. The largest absolute Gasteiger partial charge is 0.308 e. The quantitative estimate of drug-likeness (QED) is 0.141. The SMILES string of the molecule is [B]c1c([B])c([B])c(-c2nc(-c3ccc(-n4c5ccccc5c5ccc(-c6ccccc6)cc54)c(-c4nc(-c5c([B])c([B])c([B])c([B])c5[B])nc(-c5c([B])c([B])c([B])c([B])c5[B])n4)c3)nc(-c3c([B])c([B])c([B])c([B])c3[B])n2)c([B])c1[B]. The molecule has 81 heavy (non-hydrogen) atoms. The van der Waals surface area contributed by atoms with Crippen LogP contribution >= 0.6 is 0 Å². The van der Waals surface area contributed by atoms with Crippen LogP contribution in [0.1, 0.15) is 0 Å². The van der Waals surface area contributed by atoms with Gasteiger partial charge in [0.25, 0.3) is 0 Å². The van der Waals surface area contributed by atoms with E-state index in [2.05, 4.69) is 22.8 Å². The van der Waals surface area contributed by atoms with Gasteiger partial charge in [-0.05, 0) is 41.5 Å². The van der Waals surface area contributed by atoms with E-state index in [4.69, 9.17) is 187 Å². The number of nitrogens with zero attached hydrogens (tertiary/aromatic N) is 7. The van der Waals surface area contributed by atoms with E-state index in [1.165, 1.54) is 0 Å². The van der Waals surface area contributed by atoms with Gasteiger partial charge in [0.05, 0.1) is 16.7 Å². The fourth-order valence-electron chi connectivity index (χ4n) is 9.90. The summed E-state index contributed by atoms with van der Waals surface area (Å²) in [5, 5.41) is 1.81. The lowest BCUT2D eigenvalue weighted by atomic mass is 9.60. The molecule has 11 rings (SSSR count). The molecule has 7 nitrogen and oxygen atoms in total. The summed E-state index contributed by atoms with van der Waals surface area (Å²) in [6.45, 7) is 0. The van der Waals surface area contributed by atoms with Crippen LogP contribution in [-0.4, -0.2) is 191 Å². The molecule has 3 heterocycles. The maximum atomic E-state index is 6.75. The molecule has 0 saturated heterocycles. The van der Waals surface area contributed by atoms with E-state index in [1.54, 1.807) is 12.1 Å². The van der Waals surface area contributed by atoms with Gasteiger partial charge in [-0.3, -0.25) is 0 Å². The van der Waals surface area contributed by atoms with Crippen LogP contribution in [-0.2, 0) is 0 Å². The summed E-state index contributed by atoms with van der Waals surface area (Å²) in [7, 11) is 130. The van der Waals surface area contributed by atoms with Gasteiger partial charge in [-0.2, -0.15) is 0 Å². The number of para-hydroxylation sites is 1. The van der Waals surface area contributed by atoms with Crippen LogP contribution < -0.4 is 109 Å². The van der Waals surface area contributed by atoms with Gasteiger partial charge in [-0.25, -0.2) is 29.9 Å². The summed E-state index contributed by atoms with van der Waals surface area (Å²) in [5.74, 6) is -0.758. The summed E-state index contributed by atoms with van der Waals surface area (Å²) in [4.78, 5) is 29.7. The zero-order chi connectivity index (χ0) is 57.9. The van der Waals surface area contributed by atoms with E-state index in [0.717, 1.165) is 32.9 Å². The van der Waals surface area contributed by atoms with Gasteiger partial charge < -0.3 is 4.57 Å². The third kappa shape index (κ3) is 8.98. The zero-order valence-corrected chi connectivity index (χ0v) is 42.8. The molecule has 40 radical (unpaired) electrons. The van der Waals surface area contributed by atoms with Gasteiger partial charge in [0, 0.05) is 44.2 Å². The van der Waals surface area contributed by atoms with Crippen molar-refractivity contribution in [3.63, 3.8) is 0 Å². The molecule has 0 aliphatic heterocycles. The molecule has 3 aromatic heterocycles. The lowest BCUT2D eigenvalue weighted by molar-refractivity contribution is 1.06. The Morgan fingerprint density at radius 1 is 0.235 bits per heavy atom. The van der Waals surface area contributed by atoms with E-state index in [-0.39, 0.29) is 178 Å². The summed E-state index contributed by atoms with van der Waals surface area (Å²) in [6.07, 6.45) is 0. The van der Waals surface area contributed by atoms with Crippen LogP contribution in [0.15, 0.2) is 91.0 Å². The average molecular weight is 978 g/mol. The molecule has 0 saturated carbocycles. The molecule has 0 spiro atoms. The minimum atomic E-state index is -0.167. The minimum Gasteiger partial charge on any atom is -0.308 e. The van der Waals surface area contributed by atoms with Gasteiger partial charge in [0.15, 0.2) is 34.9 Å². The Morgan fingerprint density at radius 3 is 0.963 bits per heavy atom. The first-order valence-corrected chi connectivity index (χ1v) is 24.3. The number of fused-ring (bicyclic) bond motifs is 3. The van der Waals surface area contributed by atoms with E-state index < -0.39 is 0 Å². The molecule has 0 unspecified atom stereocenters. The van der Waals surface area contributed by atoms with Crippen molar-refractivity contribution in [2.75, 3.05) is 0 Å². The smallest absolute Gasteiger partial charge is 0.166 e. The predicted octanol–water partition coefficient (Wildman–Crippen LogP) is -11.3. The lowest BCUT2D eigenvalue weighted by Crippen LogP contribution is -2.55. The fourth-order valence-corrected chi connectivity index (χ4v) is 9.90. The van der Waals surface area contributed by atoms with E-state index in [1.807, 2.05) is 60.7 Å². The lowest BCUT2D eigenvalue weighted by Gasteiger charge is -2.23. The molecule has 0 fully saturated rings. The number of benzene rings is 8. The normalized spacial score (nSPS) is 11.5. The highest BCUT2D eigenvalue weighted by Crippen LogP contribution is 2.39. The standard InChI is InChI=1S/C54H15B20N7/c55-29-25(30(56)38(64)45(71)37(29)63)51-75-49(76-52(79-51)26-31(57)39(65)46(72)40(66)32(26)58)18-11-13-23(81-22-9-5-4-8-19(22)20-12-10-17(15-24(20)81)16-6-2-1-3-7-16)21(14-18)50-77-53(27-33(59)41(67)47(73)42(68)34(27)60)80-54(78-50)28-35(61)43(69)48(74)44(70)36(28)62/h1-15H. The van der Waals surface area contributed by atoms with Crippen molar-refractivity contribution in [2.24, 2.45) is 0 Å².